The Balaban J connectivity index is 0.00000227. The summed E-state index contributed by atoms with van der Waals surface area (Å²) in [5, 5.41) is 13.0. The third-order valence-electron chi connectivity index (χ3n) is 11.0. The molecule has 0 spiro atoms. The van der Waals surface area contributed by atoms with Crippen molar-refractivity contribution in [3.8, 4) is 0 Å². The van der Waals surface area contributed by atoms with Crippen LogP contribution in [0.2, 0.25) is 0 Å². The number of nitrogens with one attached hydrogen (secondary N) is 2. The van der Waals surface area contributed by atoms with E-state index in [1.54, 1.807) is 62.1 Å². The molecule has 1 aromatic carbocycles. The lowest BCUT2D eigenvalue weighted by Crippen LogP contribution is -2.59. The highest BCUT2D eigenvalue weighted by molar-refractivity contribution is 6.01. The summed E-state index contributed by atoms with van der Waals surface area (Å²) in [6, 6.07) is 6.13. The summed E-state index contributed by atoms with van der Waals surface area (Å²) in [5.41, 5.74) is 0.517. The molecule has 0 aromatic heterocycles. The van der Waals surface area contributed by atoms with Crippen molar-refractivity contribution in [3.63, 3.8) is 0 Å². The van der Waals surface area contributed by atoms with Crippen LogP contribution in [0.15, 0.2) is 30.3 Å². The van der Waals surface area contributed by atoms with Crippen molar-refractivity contribution in [2.75, 3.05) is 41.9 Å². The molecule has 59 heavy (non-hydrogen) atoms. The van der Waals surface area contributed by atoms with Gasteiger partial charge >= 0.3 is 12.1 Å². The summed E-state index contributed by atoms with van der Waals surface area (Å²) in [6.07, 6.45) is -4.15. The number of alkyl halides is 3. The van der Waals surface area contributed by atoms with Gasteiger partial charge in [-0.15, -0.1) is 0 Å². The molecule has 9 atom stereocenters. The topological polar surface area (TPSA) is 175 Å². The van der Waals surface area contributed by atoms with Crippen molar-refractivity contribution in [1.82, 2.24) is 25.3 Å². The van der Waals surface area contributed by atoms with Gasteiger partial charge in [-0.1, -0.05) is 85.2 Å². The Morgan fingerprint density at radius 1 is 0.881 bits per heavy atom. The van der Waals surface area contributed by atoms with E-state index in [2.05, 4.69) is 10.6 Å². The minimum atomic E-state index is -5.08. The van der Waals surface area contributed by atoms with E-state index >= 15 is 0 Å². The number of likely N-dealkylation sites (N-methyl/N-ethyl adjacent to an activating group) is 2. The van der Waals surface area contributed by atoms with Crippen LogP contribution >= 0.6 is 0 Å². The van der Waals surface area contributed by atoms with E-state index in [1.165, 1.54) is 7.11 Å². The molecule has 1 aliphatic rings. The third kappa shape index (κ3) is 15.2. The molecule has 4 amide bonds. The maximum atomic E-state index is 14.2. The number of aliphatic carboxylic acids is 1. The maximum Gasteiger partial charge on any atom is 0.490 e. The average molecular weight is 844 g/mol. The Morgan fingerprint density at radius 2 is 1.44 bits per heavy atom. The zero-order valence-electron chi connectivity index (χ0n) is 37.0. The van der Waals surface area contributed by atoms with Crippen LogP contribution in [0, 0.1) is 23.7 Å². The van der Waals surface area contributed by atoms with Gasteiger partial charge in [-0.25, -0.2) is 4.79 Å². The molecule has 3 N–H and O–H groups in total. The number of benzene rings is 1. The molecule has 0 saturated carbocycles. The van der Waals surface area contributed by atoms with Gasteiger partial charge in [-0.05, 0) is 51.6 Å². The van der Waals surface area contributed by atoms with E-state index in [1.807, 2.05) is 66.6 Å². The Kier molecular flexibility index (Phi) is 21.7. The minimum Gasteiger partial charge on any atom is -0.475 e. The molecule has 2 rings (SSSR count). The highest BCUT2D eigenvalue weighted by Crippen LogP contribution is 2.30. The fourth-order valence-corrected chi connectivity index (χ4v) is 7.67. The number of carboxylic acids is 1. The molecule has 1 heterocycles. The number of nitrogens with zero attached hydrogens (tertiary/aromatic N) is 3. The van der Waals surface area contributed by atoms with E-state index in [4.69, 9.17) is 19.4 Å². The summed E-state index contributed by atoms with van der Waals surface area (Å²) in [4.78, 5) is 82.3. The standard InChI is InChI=1S/C40H67N5O7.C2HF3O2/c1-14-26(6)35(44(11)40(50)33(24(2)3)42-39(49)34(25(4)5)43(9)10)31(51-12)23-32(46)45-22-18-21-30(45)37(52-13)27(7)38(48)41-28(8)36(47)29-19-16-15-17-20-29;3-2(4,5)1(6)7/h15-17,19-20,24-28,30-31,33-35,37H,14,18,21-23H2,1-13H3,(H,41,48)(H,42,49);(H,6,7)/t26-,27+,28+,30-,31+,33-,34-,35-,37+;/m0./s1. The van der Waals surface area contributed by atoms with Crippen LogP contribution in [-0.4, -0.2) is 146 Å². The van der Waals surface area contributed by atoms with E-state index in [0.29, 0.717) is 18.5 Å². The lowest BCUT2D eigenvalue weighted by molar-refractivity contribution is -0.192. The lowest BCUT2D eigenvalue weighted by Gasteiger charge is -2.41. The molecule has 1 fully saturated rings. The van der Waals surface area contributed by atoms with Gasteiger partial charge in [-0.2, -0.15) is 13.2 Å². The molecule has 0 aliphatic carbocycles. The van der Waals surface area contributed by atoms with E-state index in [0.717, 1.165) is 12.8 Å². The summed E-state index contributed by atoms with van der Waals surface area (Å²) in [5.74, 6) is -4.65. The van der Waals surface area contributed by atoms with Crippen molar-refractivity contribution in [2.45, 2.75) is 130 Å². The van der Waals surface area contributed by atoms with Crippen molar-refractivity contribution in [2.24, 2.45) is 23.7 Å². The number of carbonyl (C=O) groups excluding carboxylic acids is 5. The summed E-state index contributed by atoms with van der Waals surface area (Å²) < 4.78 is 43.6. The van der Waals surface area contributed by atoms with Crippen LogP contribution in [0.4, 0.5) is 13.2 Å². The van der Waals surface area contributed by atoms with E-state index in [-0.39, 0.29) is 59.6 Å². The predicted octanol–water partition coefficient (Wildman–Crippen LogP) is 4.65. The average Bonchev–Trinajstić information content (AvgIpc) is 3.65. The van der Waals surface area contributed by atoms with Gasteiger partial charge in [0.05, 0.1) is 48.7 Å². The van der Waals surface area contributed by atoms with E-state index < -0.39 is 54.4 Å². The number of rotatable bonds is 20. The van der Waals surface area contributed by atoms with E-state index in [9.17, 15) is 37.1 Å². The Hall–Kier alpha value is -4.09. The highest BCUT2D eigenvalue weighted by atomic mass is 19.4. The maximum absolute atomic E-state index is 14.2. The summed E-state index contributed by atoms with van der Waals surface area (Å²) in [6.45, 7) is 15.8. The molecule has 14 nitrogen and oxygen atoms in total. The molecule has 336 valence electrons. The molecule has 1 aliphatic heterocycles. The van der Waals surface area contributed by atoms with Crippen LogP contribution in [0.25, 0.3) is 0 Å². The number of methoxy groups -OCH3 is 2. The number of hydrogen-bond donors (Lipinski definition) is 3. The van der Waals surface area contributed by atoms with Crippen LogP contribution in [0.3, 0.4) is 0 Å². The molecule has 0 unspecified atom stereocenters. The number of carbonyl (C=O) groups is 6. The van der Waals surface area contributed by atoms with Gasteiger partial charge in [0.25, 0.3) is 0 Å². The molecular weight excluding hydrogens is 775 g/mol. The molecule has 0 radical (unpaired) electrons. The fourth-order valence-electron chi connectivity index (χ4n) is 7.67. The Labute approximate surface area is 347 Å². The third-order valence-corrected chi connectivity index (χ3v) is 11.0. The van der Waals surface area contributed by atoms with Crippen molar-refractivity contribution in [3.05, 3.63) is 35.9 Å². The SMILES string of the molecule is CC[C@H](C)[C@@H]([C@@H](CC(=O)N1CCC[C@H]1[C@H](OC)[C@@H](C)C(=O)N[C@H](C)C(=O)c1ccccc1)OC)N(C)C(=O)[C@@H](NC(=O)[C@H](C(C)C)N(C)C)C(C)C.O=C(O)C(F)(F)F. The second-order valence-electron chi connectivity index (χ2n) is 16.2. The molecule has 1 aromatic rings. The quantitative estimate of drug-likeness (QED) is 0.157. The van der Waals surface area contributed by atoms with Gasteiger partial charge in [0, 0.05) is 33.4 Å². The number of likely N-dealkylation sites (tertiary alicyclic amines) is 1. The number of carboxylic acid groups (broad SMARTS) is 1. The summed E-state index contributed by atoms with van der Waals surface area (Å²) >= 11 is 0. The fraction of sp³-hybridized carbons (Fsp3) is 0.714. The number of ketones is 1. The van der Waals surface area contributed by atoms with Crippen molar-refractivity contribution >= 4 is 35.4 Å². The number of halogens is 3. The zero-order valence-corrected chi connectivity index (χ0v) is 37.0. The van der Waals surface area contributed by atoms with Gasteiger partial charge < -0.3 is 35.0 Å². The normalized spacial score (nSPS) is 18.4. The molecular formula is C42H68F3N5O9. The van der Waals surface area contributed by atoms with Gasteiger partial charge in [0.2, 0.25) is 23.6 Å². The number of Topliss-reactive ketones (excluding diaryl/α,β-unsaturated/α-hetero) is 1. The van der Waals surface area contributed by atoms with Gasteiger partial charge in [0.15, 0.2) is 5.78 Å². The predicted molar refractivity (Wildman–Crippen MR) is 217 cm³/mol. The van der Waals surface area contributed by atoms with Gasteiger partial charge in [-0.3, -0.25) is 28.9 Å². The smallest absolute Gasteiger partial charge is 0.475 e. The lowest BCUT2D eigenvalue weighted by atomic mass is 9.89. The summed E-state index contributed by atoms with van der Waals surface area (Å²) in [7, 11) is 8.53. The molecule has 17 heteroatoms. The first kappa shape index (κ1) is 52.9. The second-order valence-corrected chi connectivity index (χ2v) is 16.2. The van der Waals surface area contributed by atoms with Crippen LogP contribution in [0.1, 0.15) is 91.4 Å². The van der Waals surface area contributed by atoms with Crippen LogP contribution in [0.5, 0.6) is 0 Å². The highest BCUT2D eigenvalue weighted by Gasteiger charge is 2.43. The number of ether oxygens (including phenoxy) is 2. The largest absolute Gasteiger partial charge is 0.490 e. The van der Waals surface area contributed by atoms with Crippen molar-refractivity contribution in [1.29, 1.82) is 0 Å². The first-order valence-corrected chi connectivity index (χ1v) is 20.2. The van der Waals surface area contributed by atoms with Crippen LogP contribution in [-0.2, 0) is 33.4 Å². The molecule has 0 bridgehead atoms. The number of amides is 4. The monoisotopic (exact) mass is 843 g/mol. The Morgan fingerprint density at radius 3 is 1.88 bits per heavy atom. The van der Waals surface area contributed by atoms with Crippen LogP contribution < -0.4 is 10.6 Å². The first-order valence-electron chi connectivity index (χ1n) is 20.2. The molecule has 1 saturated heterocycles. The second kappa shape index (κ2) is 24.2. The van der Waals surface area contributed by atoms with Crippen molar-refractivity contribution < 1.29 is 56.5 Å². The first-order chi connectivity index (χ1) is 27.4. The zero-order chi connectivity index (χ0) is 45.5. The van der Waals surface area contributed by atoms with Gasteiger partial charge in [0.1, 0.15) is 6.04 Å². The number of hydrogen-bond acceptors (Lipinski definition) is 9. The minimum absolute atomic E-state index is 0.0218. The Bertz CT molecular complexity index is 1520.